The van der Waals surface area contributed by atoms with Gasteiger partial charge in [0.15, 0.2) is 0 Å². The molecule has 0 heterocycles. The van der Waals surface area contributed by atoms with Crippen LogP contribution in [-0.2, 0) is 0 Å². The summed E-state index contributed by atoms with van der Waals surface area (Å²) in [4.78, 5) is 11.0. The lowest BCUT2D eigenvalue weighted by atomic mass is 10.2. The highest BCUT2D eigenvalue weighted by Gasteiger charge is 2.12. The van der Waals surface area contributed by atoms with Crippen LogP contribution in [0, 0.1) is 5.82 Å². The van der Waals surface area contributed by atoms with Gasteiger partial charge in [-0.3, -0.25) is 0 Å². The third-order valence-electron chi connectivity index (χ3n) is 2.28. The molecule has 0 saturated carbocycles. The first-order valence-electron chi connectivity index (χ1n) is 5.12. The molecule has 0 saturated heterocycles. The largest absolute Gasteiger partial charge is 0.478 e. The Morgan fingerprint density at radius 1 is 1.17 bits per heavy atom. The highest BCUT2D eigenvalue weighted by Crippen LogP contribution is 2.27. The molecule has 0 aliphatic carbocycles. The Bertz CT molecular complexity index is 581. The van der Waals surface area contributed by atoms with Gasteiger partial charge in [-0.15, -0.1) is 0 Å². The maximum Gasteiger partial charge on any atom is 0.339 e. The number of aromatic carboxylic acids is 1. The first kappa shape index (κ1) is 11.9. The number of nitrogens with two attached hydrogens (primary N) is 1. The van der Waals surface area contributed by atoms with Crippen molar-refractivity contribution in [2.45, 2.75) is 0 Å². The van der Waals surface area contributed by atoms with Gasteiger partial charge < -0.3 is 15.6 Å². The Morgan fingerprint density at radius 3 is 2.44 bits per heavy atom. The predicted octanol–water partition coefficient (Wildman–Crippen LogP) is 2.90. The molecule has 0 aliphatic rings. The van der Waals surface area contributed by atoms with E-state index >= 15 is 0 Å². The van der Waals surface area contributed by atoms with Crippen LogP contribution in [0.2, 0.25) is 0 Å². The monoisotopic (exact) mass is 247 g/mol. The van der Waals surface area contributed by atoms with Gasteiger partial charge >= 0.3 is 5.97 Å². The Labute approximate surface area is 102 Å². The quantitative estimate of drug-likeness (QED) is 0.818. The van der Waals surface area contributed by atoms with E-state index in [9.17, 15) is 9.18 Å². The number of hydrogen-bond donors (Lipinski definition) is 2. The summed E-state index contributed by atoms with van der Waals surface area (Å²) in [6.45, 7) is 0. The number of ether oxygens (including phenoxy) is 1. The number of carbonyl (C=O) groups is 1. The highest BCUT2D eigenvalue weighted by molar-refractivity contribution is 5.91. The molecule has 0 aliphatic heterocycles. The molecule has 0 unspecified atom stereocenters. The van der Waals surface area contributed by atoms with Crippen molar-refractivity contribution in [2.24, 2.45) is 0 Å². The standard InChI is InChI=1S/C13H10FNO3/c14-8-1-4-10(5-2-8)18-12-7-9(15)3-6-11(12)13(16)17/h1-7H,15H2,(H,16,17). The first-order valence-corrected chi connectivity index (χ1v) is 5.12. The van der Waals surface area contributed by atoms with Crippen LogP contribution >= 0.6 is 0 Å². The molecule has 0 atom stereocenters. The number of benzene rings is 2. The Kier molecular flexibility index (Phi) is 3.14. The van der Waals surface area contributed by atoms with E-state index in [0.29, 0.717) is 11.4 Å². The molecular formula is C13H10FNO3. The lowest BCUT2D eigenvalue weighted by molar-refractivity contribution is 0.0694. The molecule has 4 nitrogen and oxygen atoms in total. The van der Waals surface area contributed by atoms with Gasteiger partial charge in [-0.2, -0.15) is 0 Å². The molecule has 5 heteroatoms. The average Bonchev–Trinajstić information content (AvgIpc) is 2.32. The molecule has 0 fully saturated rings. The number of hydrogen-bond acceptors (Lipinski definition) is 3. The lowest BCUT2D eigenvalue weighted by Crippen LogP contribution is -2.01. The van der Waals surface area contributed by atoms with Crippen LogP contribution in [0.15, 0.2) is 42.5 Å². The van der Waals surface area contributed by atoms with Crippen molar-refractivity contribution in [3.05, 3.63) is 53.8 Å². The summed E-state index contributed by atoms with van der Waals surface area (Å²) in [5.41, 5.74) is 5.95. The van der Waals surface area contributed by atoms with Gasteiger partial charge in [-0.25, -0.2) is 9.18 Å². The zero-order chi connectivity index (χ0) is 13.1. The molecule has 2 rings (SSSR count). The van der Waals surface area contributed by atoms with Crippen molar-refractivity contribution in [2.75, 3.05) is 5.73 Å². The summed E-state index contributed by atoms with van der Waals surface area (Å²) >= 11 is 0. The Morgan fingerprint density at radius 2 is 1.83 bits per heavy atom. The smallest absolute Gasteiger partial charge is 0.339 e. The lowest BCUT2D eigenvalue weighted by Gasteiger charge is -2.09. The second-order valence-corrected chi connectivity index (χ2v) is 3.62. The summed E-state index contributed by atoms with van der Waals surface area (Å²) in [7, 11) is 0. The second kappa shape index (κ2) is 4.75. The van der Waals surface area contributed by atoms with Gasteiger partial charge in [0.05, 0.1) is 0 Å². The third-order valence-corrected chi connectivity index (χ3v) is 2.28. The van der Waals surface area contributed by atoms with Crippen LogP contribution in [0.1, 0.15) is 10.4 Å². The maximum atomic E-state index is 12.7. The van der Waals surface area contributed by atoms with Gasteiger partial charge in [-0.05, 0) is 36.4 Å². The molecule has 0 bridgehead atoms. The molecule has 92 valence electrons. The molecule has 18 heavy (non-hydrogen) atoms. The van der Waals surface area contributed by atoms with Crippen LogP contribution in [0.4, 0.5) is 10.1 Å². The van der Waals surface area contributed by atoms with E-state index in [-0.39, 0.29) is 11.3 Å². The summed E-state index contributed by atoms with van der Waals surface area (Å²) in [6.07, 6.45) is 0. The van der Waals surface area contributed by atoms with Crippen LogP contribution in [0.25, 0.3) is 0 Å². The fraction of sp³-hybridized carbons (Fsp3) is 0. The van der Waals surface area contributed by atoms with E-state index in [1.165, 1.54) is 42.5 Å². The van der Waals surface area contributed by atoms with Crippen molar-refractivity contribution in [1.29, 1.82) is 0 Å². The SMILES string of the molecule is Nc1ccc(C(=O)O)c(Oc2ccc(F)cc2)c1. The van der Waals surface area contributed by atoms with Gasteiger partial charge in [0.25, 0.3) is 0 Å². The Hall–Kier alpha value is -2.56. The maximum absolute atomic E-state index is 12.7. The minimum atomic E-state index is -1.12. The van der Waals surface area contributed by atoms with Crippen molar-refractivity contribution in [1.82, 2.24) is 0 Å². The predicted molar refractivity (Wildman–Crippen MR) is 64.3 cm³/mol. The van der Waals surface area contributed by atoms with Crippen LogP contribution in [0.3, 0.4) is 0 Å². The zero-order valence-electron chi connectivity index (χ0n) is 9.26. The molecule has 0 radical (unpaired) electrons. The van der Waals surface area contributed by atoms with Gasteiger partial charge in [0.2, 0.25) is 0 Å². The number of anilines is 1. The van der Waals surface area contributed by atoms with Gasteiger partial charge in [0.1, 0.15) is 22.9 Å². The summed E-state index contributed by atoms with van der Waals surface area (Å²) < 4.78 is 18.1. The minimum absolute atomic E-state index is 0.00600. The van der Waals surface area contributed by atoms with Crippen molar-refractivity contribution in [3.63, 3.8) is 0 Å². The fourth-order valence-corrected chi connectivity index (χ4v) is 1.43. The molecule has 2 aromatic carbocycles. The minimum Gasteiger partial charge on any atom is -0.478 e. The van der Waals surface area contributed by atoms with Gasteiger partial charge in [0, 0.05) is 11.8 Å². The van der Waals surface area contributed by atoms with E-state index in [4.69, 9.17) is 15.6 Å². The summed E-state index contributed by atoms with van der Waals surface area (Å²) in [6, 6.07) is 9.50. The van der Waals surface area contributed by atoms with E-state index in [1.54, 1.807) is 0 Å². The Balaban J connectivity index is 2.35. The molecule has 0 aromatic heterocycles. The molecule has 3 N–H and O–H groups in total. The molecular weight excluding hydrogens is 237 g/mol. The number of rotatable bonds is 3. The van der Waals surface area contributed by atoms with E-state index in [2.05, 4.69) is 0 Å². The average molecular weight is 247 g/mol. The summed E-state index contributed by atoms with van der Waals surface area (Å²) in [5.74, 6) is -1.06. The normalized spacial score (nSPS) is 10.1. The van der Waals surface area contributed by atoms with Crippen LogP contribution in [-0.4, -0.2) is 11.1 Å². The van der Waals surface area contributed by atoms with Crippen LogP contribution < -0.4 is 10.5 Å². The highest BCUT2D eigenvalue weighted by atomic mass is 19.1. The number of carboxylic acid groups (broad SMARTS) is 1. The topological polar surface area (TPSA) is 72.6 Å². The van der Waals surface area contributed by atoms with E-state index in [0.717, 1.165) is 0 Å². The van der Waals surface area contributed by atoms with Crippen molar-refractivity contribution >= 4 is 11.7 Å². The van der Waals surface area contributed by atoms with Gasteiger partial charge in [-0.1, -0.05) is 0 Å². The van der Waals surface area contributed by atoms with Crippen LogP contribution in [0.5, 0.6) is 11.5 Å². The second-order valence-electron chi connectivity index (χ2n) is 3.62. The molecule has 2 aromatic rings. The summed E-state index contributed by atoms with van der Waals surface area (Å²) in [5, 5.41) is 9.00. The first-order chi connectivity index (χ1) is 8.56. The van der Waals surface area contributed by atoms with Crippen molar-refractivity contribution < 1.29 is 19.0 Å². The number of carboxylic acids is 1. The van der Waals surface area contributed by atoms with E-state index in [1.807, 2.05) is 0 Å². The zero-order valence-corrected chi connectivity index (χ0v) is 9.26. The fourth-order valence-electron chi connectivity index (χ4n) is 1.43. The number of nitrogen functional groups attached to an aromatic ring is 1. The third kappa shape index (κ3) is 2.57. The number of halogens is 1. The molecule has 0 amide bonds. The van der Waals surface area contributed by atoms with E-state index < -0.39 is 11.8 Å². The van der Waals surface area contributed by atoms with Crippen molar-refractivity contribution in [3.8, 4) is 11.5 Å². The molecule has 0 spiro atoms.